The highest BCUT2D eigenvalue weighted by atomic mass is 127. The first kappa shape index (κ1) is 15.4. The minimum atomic E-state index is -1.98. The fourth-order valence-corrected chi connectivity index (χ4v) is 2.01. The van der Waals surface area contributed by atoms with Crippen LogP contribution in [0.25, 0.3) is 0 Å². The van der Waals surface area contributed by atoms with Crippen LogP contribution in [-0.2, 0) is 4.79 Å². The van der Waals surface area contributed by atoms with Crippen molar-refractivity contribution < 1.29 is 19.8 Å². The van der Waals surface area contributed by atoms with Crippen LogP contribution in [0, 0.1) is 3.57 Å². The summed E-state index contributed by atoms with van der Waals surface area (Å²) in [5.41, 5.74) is -1.59. The van der Waals surface area contributed by atoms with Crippen LogP contribution in [0.3, 0.4) is 0 Å². The summed E-state index contributed by atoms with van der Waals surface area (Å²) in [5.74, 6) is -1.83. The Morgan fingerprint density at radius 1 is 1.50 bits per heavy atom. The predicted octanol–water partition coefficient (Wildman–Crippen LogP) is 1.62. The van der Waals surface area contributed by atoms with Crippen LogP contribution in [0.4, 0.5) is 0 Å². The number of aliphatic hydroxyl groups is 1. The van der Waals surface area contributed by atoms with Crippen molar-refractivity contribution in [3.05, 3.63) is 31.8 Å². The Bertz CT molecular complexity index is 490. The molecule has 0 spiro atoms. The van der Waals surface area contributed by atoms with E-state index in [9.17, 15) is 14.7 Å². The molecule has 7 heteroatoms. The zero-order valence-corrected chi connectivity index (χ0v) is 13.1. The highest BCUT2D eigenvalue weighted by Crippen LogP contribution is 2.19. The smallest absolute Gasteiger partial charge is 0.337 e. The van der Waals surface area contributed by atoms with Gasteiger partial charge in [-0.25, -0.2) is 4.79 Å². The number of carboxylic acid groups (broad SMARTS) is 1. The van der Waals surface area contributed by atoms with Crippen molar-refractivity contribution in [2.75, 3.05) is 6.54 Å². The highest BCUT2D eigenvalue weighted by Gasteiger charge is 2.30. The Balaban J connectivity index is 2.78. The molecular weight excluding hydrogens is 417 g/mol. The molecule has 1 unspecified atom stereocenters. The molecule has 0 aromatic heterocycles. The average Bonchev–Trinajstić information content (AvgIpc) is 2.29. The summed E-state index contributed by atoms with van der Waals surface area (Å²) < 4.78 is 1.49. The lowest BCUT2D eigenvalue weighted by Crippen LogP contribution is -2.46. The first-order valence-corrected chi connectivity index (χ1v) is 6.80. The molecule has 0 radical (unpaired) electrons. The Hall–Kier alpha value is -0.670. The summed E-state index contributed by atoms with van der Waals surface area (Å²) in [6, 6.07) is 5.22. The van der Waals surface area contributed by atoms with Gasteiger partial charge in [-0.05, 0) is 63.6 Å². The Kier molecular flexibility index (Phi) is 5.11. The van der Waals surface area contributed by atoms with Gasteiger partial charge in [0.1, 0.15) is 0 Å². The van der Waals surface area contributed by atoms with Gasteiger partial charge in [-0.3, -0.25) is 4.79 Å². The third-order valence-corrected chi connectivity index (χ3v) is 3.59. The fraction of sp³-hybridized carbons (Fsp3) is 0.273. The first-order valence-electron chi connectivity index (χ1n) is 4.93. The van der Waals surface area contributed by atoms with E-state index in [1.54, 1.807) is 12.1 Å². The number of rotatable bonds is 4. The SMILES string of the molecule is CC(O)(CNC(=O)c1cc(I)ccc1Br)C(=O)O. The van der Waals surface area contributed by atoms with Crippen molar-refractivity contribution >= 4 is 50.4 Å². The quantitative estimate of drug-likeness (QED) is 0.637. The van der Waals surface area contributed by atoms with Crippen LogP contribution in [0.2, 0.25) is 0 Å². The minimum absolute atomic E-state index is 0.362. The molecule has 0 heterocycles. The van der Waals surface area contributed by atoms with E-state index >= 15 is 0 Å². The molecule has 1 amide bonds. The molecule has 1 atom stereocenters. The lowest BCUT2D eigenvalue weighted by Gasteiger charge is -2.18. The van der Waals surface area contributed by atoms with E-state index in [1.807, 2.05) is 6.07 Å². The topological polar surface area (TPSA) is 86.6 Å². The van der Waals surface area contributed by atoms with Crippen LogP contribution in [-0.4, -0.2) is 34.2 Å². The molecule has 1 rings (SSSR count). The number of hydrogen-bond donors (Lipinski definition) is 3. The van der Waals surface area contributed by atoms with Gasteiger partial charge in [0, 0.05) is 8.04 Å². The largest absolute Gasteiger partial charge is 0.479 e. The molecule has 0 aliphatic carbocycles. The van der Waals surface area contributed by atoms with Gasteiger partial charge in [0.05, 0.1) is 12.1 Å². The summed E-state index contributed by atoms with van der Waals surface area (Å²) in [5, 5.41) is 20.6. The van der Waals surface area contributed by atoms with Crippen molar-refractivity contribution in [3.63, 3.8) is 0 Å². The number of carboxylic acids is 1. The Labute approximate surface area is 126 Å². The van der Waals surface area contributed by atoms with Crippen LogP contribution in [0.1, 0.15) is 17.3 Å². The zero-order chi connectivity index (χ0) is 13.9. The van der Waals surface area contributed by atoms with E-state index in [0.29, 0.717) is 10.0 Å². The monoisotopic (exact) mass is 427 g/mol. The fourth-order valence-electron chi connectivity index (χ4n) is 1.09. The molecule has 0 bridgehead atoms. The molecule has 0 aliphatic heterocycles. The second-order valence-corrected chi connectivity index (χ2v) is 5.99. The van der Waals surface area contributed by atoms with Gasteiger partial charge < -0.3 is 15.5 Å². The molecular formula is C11H11BrINO4. The van der Waals surface area contributed by atoms with Gasteiger partial charge in [-0.2, -0.15) is 0 Å². The van der Waals surface area contributed by atoms with Crippen molar-refractivity contribution in [1.29, 1.82) is 0 Å². The summed E-state index contributed by atoms with van der Waals surface area (Å²) in [6.07, 6.45) is 0. The lowest BCUT2D eigenvalue weighted by atomic mass is 10.1. The number of nitrogens with one attached hydrogen (secondary N) is 1. The lowest BCUT2D eigenvalue weighted by molar-refractivity contribution is -0.155. The molecule has 0 saturated heterocycles. The van der Waals surface area contributed by atoms with E-state index in [1.165, 1.54) is 0 Å². The summed E-state index contributed by atoms with van der Waals surface area (Å²) in [4.78, 5) is 22.5. The van der Waals surface area contributed by atoms with Crippen molar-refractivity contribution in [2.24, 2.45) is 0 Å². The second-order valence-electron chi connectivity index (χ2n) is 3.89. The van der Waals surface area contributed by atoms with Crippen molar-refractivity contribution in [1.82, 2.24) is 5.32 Å². The van der Waals surface area contributed by atoms with E-state index in [-0.39, 0.29) is 6.54 Å². The maximum absolute atomic E-state index is 11.8. The molecule has 5 nitrogen and oxygen atoms in total. The normalized spacial score (nSPS) is 13.8. The number of hydrogen-bond acceptors (Lipinski definition) is 3. The van der Waals surface area contributed by atoms with E-state index in [4.69, 9.17) is 5.11 Å². The van der Waals surface area contributed by atoms with Crippen molar-refractivity contribution in [2.45, 2.75) is 12.5 Å². The maximum Gasteiger partial charge on any atom is 0.337 e. The van der Waals surface area contributed by atoms with Gasteiger partial charge in [0.25, 0.3) is 5.91 Å². The third kappa shape index (κ3) is 3.92. The van der Waals surface area contributed by atoms with E-state index < -0.39 is 17.5 Å². The molecule has 18 heavy (non-hydrogen) atoms. The second kappa shape index (κ2) is 5.98. The molecule has 1 aromatic rings. The number of amides is 1. The number of halogens is 2. The molecule has 98 valence electrons. The number of carbonyl (C=O) groups is 2. The van der Waals surface area contributed by atoms with Crippen LogP contribution < -0.4 is 5.32 Å². The standard InChI is InChI=1S/C11H11BrINO4/c1-11(18,10(16)17)5-14-9(15)7-4-6(13)2-3-8(7)12/h2-4,18H,5H2,1H3,(H,14,15)(H,16,17). The minimum Gasteiger partial charge on any atom is -0.479 e. The van der Waals surface area contributed by atoms with Gasteiger partial charge >= 0.3 is 5.97 Å². The first-order chi connectivity index (χ1) is 8.24. The number of aliphatic carboxylic acids is 1. The third-order valence-electron chi connectivity index (χ3n) is 2.23. The number of benzene rings is 1. The molecule has 0 saturated carbocycles. The Morgan fingerprint density at radius 2 is 2.11 bits per heavy atom. The van der Waals surface area contributed by atoms with Crippen LogP contribution >= 0.6 is 38.5 Å². The zero-order valence-electron chi connectivity index (χ0n) is 9.41. The molecule has 0 fully saturated rings. The Morgan fingerprint density at radius 3 is 2.67 bits per heavy atom. The van der Waals surface area contributed by atoms with Gasteiger partial charge in [0.2, 0.25) is 0 Å². The average molecular weight is 428 g/mol. The summed E-state index contributed by atoms with van der Waals surface area (Å²) >= 11 is 5.30. The van der Waals surface area contributed by atoms with Gasteiger partial charge in [-0.1, -0.05) is 0 Å². The van der Waals surface area contributed by atoms with E-state index in [2.05, 4.69) is 43.8 Å². The molecule has 3 N–H and O–H groups in total. The summed E-state index contributed by atoms with van der Waals surface area (Å²) in [7, 11) is 0. The van der Waals surface area contributed by atoms with Crippen LogP contribution in [0.15, 0.2) is 22.7 Å². The molecule has 1 aromatic carbocycles. The number of carbonyl (C=O) groups excluding carboxylic acids is 1. The van der Waals surface area contributed by atoms with Gasteiger partial charge in [-0.15, -0.1) is 0 Å². The van der Waals surface area contributed by atoms with Crippen molar-refractivity contribution in [3.8, 4) is 0 Å². The van der Waals surface area contributed by atoms with Gasteiger partial charge in [0.15, 0.2) is 5.60 Å². The maximum atomic E-state index is 11.8. The van der Waals surface area contributed by atoms with E-state index in [0.717, 1.165) is 10.5 Å². The predicted molar refractivity (Wildman–Crippen MR) is 77.5 cm³/mol. The van der Waals surface area contributed by atoms with Crippen LogP contribution in [0.5, 0.6) is 0 Å². The molecule has 0 aliphatic rings. The summed E-state index contributed by atoms with van der Waals surface area (Å²) in [6.45, 7) is 0.762. The highest BCUT2D eigenvalue weighted by molar-refractivity contribution is 14.1.